The molecule has 0 amide bonds. The lowest BCUT2D eigenvalue weighted by atomic mass is 9.96. The van der Waals surface area contributed by atoms with E-state index in [4.69, 9.17) is 9.73 Å². The first kappa shape index (κ1) is 14.7. The fraction of sp³-hybridized carbons (Fsp3) is 0.562. The van der Waals surface area contributed by atoms with Crippen LogP contribution in [0.25, 0.3) is 0 Å². The van der Waals surface area contributed by atoms with Crippen molar-refractivity contribution in [1.29, 1.82) is 0 Å². The third kappa shape index (κ3) is 3.06. The van der Waals surface area contributed by atoms with E-state index < -0.39 is 0 Å². The van der Waals surface area contributed by atoms with Crippen molar-refractivity contribution >= 4 is 5.96 Å². The van der Waals surface area contributed by atoms with Crippen LogP contribution >= 0.6 is 0 Å². The van der Waals surface area contributed by atoms with E-state index in [0.29, 0.717) is 0 Å². The highest BCUT2D eigenvalue weighted by molar-refractivity contribution is 5.79. The smallest absolute Gasteiger partial charge is 0.195 e. The van der Waals surface area contributed by atoms with E-state index >= 15 is 0 Å². The predicted molar refractivity (Wildman–Crippen MR) is 83.6 cm³/mol. The lowest BCUT2D eigenvalue weighted by molar-refractivity contribution is 0.413. The molecule has 1 aromatic carbocycles. The molecule has 0 N–H and O–H groups in total. The maximum Gasteiger partial charge on any atom is 0.195 e. The van der Waals surface area contributed by atoms with Crippen molar-refractivity contribution < 1.29 is 4.74 Å². The van der Waals surface area contributed by atoms with Crippen molar-refractivity contribution in [2.75, 3.05) is 41.8 Å². The van der Waals surface area contributed by atoms with Gasteiger partial charge >= 0.3 is 0 Å². The second-order valence-corrected chi connectivity index (χ2v) is 5.92. The Morgan fingerprint density at radius 2 is 1.85 bits per heavy atom. The first-order valence-electron chi connectivity index (χ1n) is 7.02. The highest BCUT2D eigenvalue weighted by Gasteiger charge is 2.44. The molecule has 0 radical (unpaired) electrons. The van der Waals surface area contributed by atoms with Gasteiger partial charge in [0.25, 0.3) is 0 Å². The monoisotopic (exact) mass is 275 g/mol. The Labute approximate surface area is 122 Å². The molecule has 1 aliphatic rings. The summed E-state index contributed by atoms with van der Waals surface area (Å²) in [5.74, 6) is 1.94. The summed E-state index contributed by atoms with van der Waals surface area (Å²) in [6.07, 6.45) is 2.41. The number of nitrogens with zero attached hydrogens (tertiary/aromatic N) is 3. The number of methoxy groups -OCH3 is 1. The topological polar surface area (TPSA) is 28.1 Å². The fourth-order valence-electron chi connectivity index (χ4n) is 2.55. The SMILES string of the molecule is COc1cccc(C2(CN=C(N(C)C)N(C)C)CC2)c1. The standard InChI is InChI=1S/C16H25N3O/c1-18(2)15(19(3)4)17-12-16(9-10-16)13-7-6-8-14(11-13)20-5/h6-8,11H,9-10,12H2,1-5H3. The van der Waals surface area contributed by atoms with E-state index in [0.717, 1.165) is 18.3 Å². The predicted octanol–water partition coefficient (Wildman–Crippen LogP) is 2.21. The molecule has 4 nitrogen and oxygen atoms in total. The summed E-state index contributed by atoms with van der Waals surface area (Å²) in [4.78, 5) is 8.93. The van der Waals surface area contributed by atoms with E-state index in [-0.39, 0.29) is 5.41 Å². The van der Waals surface area contributed by atoms with Crippen molar-refractivity contribution in [3.63, 3.8) is 0 Å². The zero-order valence-corrected chi connectivity index (χ0v) is 13.2. The van der Waals surface area contributed by atoms with Gasteiger partial charge in [-0.3, -0.25) is 4.99 Å². The highest BCUT2D eigenvalue weighted by Crippen LogP contribution is 2.49. The van der Waals surface area contributed by atoms with Gasteiger partial charge in [-0.2, -0.15) is 0 Å². The molecule has 110 valence electrons. The van der Waals surface area contributed by atoms with E-state index in [1.54, 1.807) is 7.11 Å². The molecule has 0 saturated heterocycles. The molecular formula is C16H25N3O. The van der Waals surface area contributed by atoms with Crippen molar-refractivity contribution in [1.82, 2.24) is 9.80 Å². The normalized spacial score (nSPS) is 15.4. The Morgan fingerprint density at radius 1 is 1.20 bits per heavy atom. The highest BCUT2D eigenvalue weighted by atomic mass is 16.5. The van der Waals surface area contributed by atoms with Crippen LogP contribution in [0.15, 0.2) is 29.3 Å². The van der Waals surface area contributed by atoms with Gasteiger partial charge in [-0.15, -0.1) is 0 Å². The number of hydrogen-bond acceptors (Lipinski definition) is 2. The van der Waals surface area contributed by atoms with Gasteiger partial charge in [-0.1, -0.05) is 12.1 Å². The molecule has 2 rings (SSSR count). The minimum absolute atomic E-state index is 0.214. The second kappa shape index (κ2) is 5.73. The third-order valence-corrected chi connectivity index (χ3v) is 3.86. The Kier molecular flexibility index (Phi) is 4.21. The zero-order valence-electron chi connectivity index (χ0n) is 13.2. The van der Waals surface area contributed by atoms with Crippen molar-refractivity contribution in [2.45, 2.75) is 18.3 Å². The number of aliphatic imine (C=N–C) groups is 1. The Bertz CT molecular complexity index is 480. The van der Waals surface area contributed by atoms with E-state index in [9.17, 15) is 0 Å². The Balaban J connectivity index is 2.17. The number of benzene rings is 1. The van der Waals surface area contributed by atoms with Crippen LogP contribution in [0.2, 0.25) is 0 Å². The molecule has 0 heterocycles. The van der Waals surface area contributed by atoms with Gasteiger partial charge in [0.05, 0.1) is 13.7 Å². The zero-order chi connectivity index (χ0) is 14.8. The van der Waals surface area contributed by atoms with Crippen LogP contribution in [0.4, 0.5) is 0 Å². The summed E-state index contributed by atoms with van der Waals surface area (Å²) < 4.78 is 5.33. The van der Waals surface area contributed by atoms with Crippen molar-refractivity contribution in [2.24, 2.45) is 4.99 Å². The van der Waals surface area contributed by atoms with E-state index in [1.165, 1.54) is 18.4 Å². The van der Waals surface area contributed by atoms with Gasteiger partial charge in [0.1, 0.15) is 5.75 Å². The summed E-state index contributed by atoms with van der Waals surface area (Å²) in [5.41, 5.74) is 1.56. The van der Waals surface area contributed by atoms with Crippen LogP contribution in [-0.4, -0.2) is 57.6 Å². The largest absolute Gasteiger partial charge is 0.497 e. The molecule has 1 fully saturated rings. The van der Waals surface area contributed by atoms with Gasteiger partial charge in [-0.25, -0.2) is 0 Å². The first-order chi connectivity index (χ1) is 9.48. The number of guanidine groups is 1. The number of ether oxygens (including phenoxy) is 1. The molecule has 0 aliphatic heterocycles. The molecule has 1 aliphatic carbocycles. The lowest BCUT2D eigenvalue weighted by Crippen LogP contribution is -2.36. The van der Waals surface area contributed by atoms with Crippen LogP contribution < -0.4 is 4.74 Å². The maximum atomic E-state index is 5.33. The van der Waals surface area contributed by atoms with Crippen LogP contribution in [0.1, 0.15) is 18.4 Å². The fourth-order valence-corrected chi connectivity index (χ4v) is 2.55. The van der Waals surface area contributed by atoms with Crippen LogP contribution in [-0.2, 0) is 5.41 Å². The first-order valence-corrected chi connectivity index (χ1v) is 7.02. The van der Waals surface area contributed by atoms with Crippen LogP contribution in [0.3, 0.4) is 0 Å². The Morgan fingerprint density at radius 3 is 2.35 bits per heavy atom. The Hall–Kier alpha value is -1.71. The average Bonchev–Trinajstić information content (AvgIpc) is 3.19. The lowest BCUT2D eigenvalue weighted by Gasteiger charge is -2.24. The van der Waals surface area contributed by atoms with Crippen molar-refractivity contribution in [3.8, 4) is 5.75 Å². The molecule has 1 aromatic rings. The summed E-state index contributed by atoms with van der Waals surface area (Å²) in [6.45, 7) is 0.839. The minimum atomic E-state index is 0.214. The molecule has 0 bridgehead atoms. The van der Waals surface area contributed by atoms with Crippen LogP contribution in [0, 0.1) is 0 Å². The van der Waals surface area contributed by atoms with Gasteiger partial charge < -0.3 is 14.5 Å². The van der Waals surface area contributed by atoms with Crippen molar-refractivity contribution in [3.05, 3.63) is 29.8 Å². The summed E-state index contributed by atoms with van der Waals surface area (Å²) in [7, 11) is 9.84. The average molecular weight is 275 g/mol. The van der Waals surface area contributed by atoms with Gasteiger partial charge in [0.15, 0.2) is 5.96 Å². The van der Waals surface area contributed by atoms with E-state index in [2.05, 4.69) is 28.0 Å². The van der Waals surface area contributed by atoms with Crippen LogP contribution in [0.5, 0.6) is 5.75 Å². The summed E-state index contributed by atoms with van der Waals surface area (Å²) >= 11 is 0. The quantitative estimate of drug-likeness (QED) is 0.623. The molecule has 20 heavy (non-hydrogen) atoms. The third-order valence-electron chi connectivity index (χ3n) is 3.86. The maximum absolute atomic E-state index is 5.33. The number of hydrogen-bond donors (Lipinski definition) is 0. The molecule has 0 aromatic heterocycles. The summed E-state index contributed by atoms with van der Waals surface area (Å²) in [5, 5.41) is 0. The molecule has 0 spiro atoms. The van der Waals surface area contributed by atoms with Gasteiger partial charge in [0.2, 0.25) is 0 Å². The minimum Gasteiger partial charge on any atom is -0.497 e. The molecule has 0 unspecified atom stereocenters. The van der Waals surface area contributed by atoms with Gasteiger partial charge in [-0.05, 0) is 30.5 Å². The molecule has 0 atom stereocenters. The van der Waals surface area contributed by atoms with E-state index in [1.807, 2.05) is 34.3 Å². The molecule has 1 saturated carbocycles. The molecular weight excluding hydrogens is 250 g/mol. The number of rotatable bonds is 4. The molecule has 4 heteroatoms. The second-order valence-electron chi connectivity index (χ2n) is 5.92. The van der Waals surface area contributed by atoms with Gasteiger partial charge in [0, 0.05) is 33.6 Å². The summed E-state index contributed by atoms with van der Waals surface area (Å²) in [6, 6.07) is 8.40.